The van der Waals surface area contributed by atoms with Crippen LogP contribution in [0.3, 0.4) is 0 Å². The number of hydrogen-bond donors (Lipinski definition) is 0. The molecule has 0 amide bonds. The lowest BCUT2D eigenvalue weighted by Gasteiger charge is -2.33. The summed E-state index contributed by atoms with van der Waals surface area (Å²) in [5.41, 5.74) is 2.96. The second-order valence-corrected chi connectivity index (χ2v) is 6.33. The highest BCUT2D eigenvalue weighted by Gasteiger charge is 2.18. The van der Waals surface area contributed by atoms with Crippen molar-refractivity contribution in [1.29, 1.82) is 0 Å². The number of piperazine rings is 1. The Balaban J connectivity index is 1.78. The average molecular weight is 331 g/mol. The van der Waals surface area contributed by atoms with Gasteiger partial charge in [0.05, 0.1) is 5.69 Å². The maximum absolute atomic E-state index is 4.85. The molecule has 1 aliphatic heterocycles. The van der Waals surface area contributed by atoms with E-state index in [2.05, 4.69) is 40.0 Å². The fourth-order valence-corrected chi connectivity index (χ4v) is 3.01. The molecule has 0 N–H and O–H groups in total. The zero-order chi connectivity index (χ0) is 17.1. The molecule has 0 saturated carbocycles. The second-order valence-electron chi connectivity index (χ2n) is 6.33. The molecule has 0 unspecified atom stereocenters. The molecule has 3 heterocycles. The molecule has 0 radical (unpaired) electrons. The quantitative estimate of drug-likeness (QED) is 0.738. The van der Waals surface area contributed by atoms with E-state index in [1.165, 1.54) is 0 Å². The molecular formula is C20H21N5. The van der Waals surface area contributed by atoms with E-state index in [1.807, 2.05) is 36.5 Å². The van der Waals surface area contributed by atoms with Gasteiger partial charge in [-0.1, -0.05) is 30.3 Å². The summed E-state index contributed by atoms with van der Waals surface area (Å²) < 4.78 is 0. The molecule has 126 valence electrons. The fraction of sp³-hybridized carbons (Fsp3) is 0.250. The van der Waals surface area contributed by atoms with E-state index < -0.39 is 0 Å². The highest BCUT2D eigenvalue weighted by Crippen LogP contribution is 2.26. The van der Waals surface area contributed by atoms with Gasteiger partial charge < -0.3 is 9.80 Å². The smallest absolute Gasteiger partial charge is 0.162 e. The summed E-state index contributed by atoms with van der Waals surface area (Å²) in [5, 5.41) is 0. The van der Waals surface area contributed by atoms with Crippen LogP contribution in [0, 0.1) is 0 Å². The molecule has 2 aromatic heterocycles. The van der Waals surface area contributed by atoms with Gasteiger partial charge in [-0.2, -0.15) is 0 Å². The molecule has 0 atom stereocenters. The molecule has 4 rings (SSSR count). The number of pyridine rings is 1. The van der Waals surface area contributed by atoms with Crippen molar-refractivity contribution in [3.05, 3.63) is 60.9 Å². The van der Waals surface area contributed by atoms with Crippen molar-refractivity contribution in [2.45, 2.75) is 0 Å². The molecule has 25 heavy (non-hydrogen) atoms. The standard InChI is InChI=1S/C20H21N5/c1-24-10-12-25(13-11-24)19-14-18(17-8-5-9-21-15-17)22-20(23-19)16-6-3-2-4-7-16/h2-9,14-15H,10-13H2,1H3. The van der Waals surface area contributed by atoms with Crippen molar-refractivity contribution in [3.63, 3.8) is 0 Å². The van der Waals surface area contributed by atoms with Gasteiger partial charge in [0.25, 0.3) is 0 Å². The molecule has 0 spiro atoms. The van der Waals surface area contributed by atoms with E-state index in [1.54, 1.807) is 6.20 Å². The summed E-state index contributed by atoms with van der Waals surface area (Å²) in [6.45, 7) is 4.06. The Hall–Kier alpha value is -2.79. The molecule has 1 fully saturated rings. The largest absolute Gasteiger partial charge is 0.354 e. The van der Waals surface area contributed by atoms with Gasteiger partial charge in [-0.3, -0.25) is 4.98 Å². The molecule has 1 aliphatic rings. The average Bonchev–Trinajstić information content (AvgIpc) is 2.69. The maximum Gasteiger partial charge on any atom is 0.162 e. The minimum atomic E-state index is 0.760. The molecular weight excluding hydrogens is 310 g/mol. The van der Waals surface area contributed by atoms with E-state index in [-0.39, 0.29) is 0 Å². The van der Waals surface area contributed by atoms with E-state index in [9.17, 15) is 0 Å². The van der Waals surface area contributed by atoms with E-state index in [0.29, 0.717) is 0 Å². The maximum atomic E-state index is 4.85. The van der Waals surface area contributed by atoms with Crippen molar-refractivity contribution in [2.75, 3.05) is 38.1 Å². The molecule has 3 aromatic rings. The number of hydrogen-bond acceptors (Lipinski definition) is 5. The second kappa shape index (κ2) is 6.99. The Morgan fingerprint density at radius 1 is 0.840 bits per heavy atom. The fourth-order valence-electron chi connectivity index (χ4n) is 3.01. The lowest BCUT2D eigenvalue weighted by molar-refractivity contribution is 0.312. The summed E-state index contributed by atoms with van der Waals surface area (Å²) in [4.78, 5) is 18.6. The zero-order valence-corrected chi connectivity index (χ0v) is 14.3. The minimum Gasteiger partial charge on any atom is -0.354 e. The van der Waals surface area contributed by atoms with E-state index >= 15 is 0 Å². The van der Waals surface area contributed by atoms with Crippen molar-refractivity contribution < 1.29 is 0 Å². The first-order valence-corrected chi connectivity index (χ1v) is 8.58. The van der Waals surface area contributed by atoms with Crippen LogP contribution in [0.5, 0.6) is 0 Å². The number of anilines is 1. The topological polar surface area (TPSA) is 45.2 Å². The lowest BCUT2D eigenvalue weighted by atomic mass is 10.1. The first-order chi connectivity index (χ1) is 12.3. The van der Waals surface area contributed by atoms with Gasteiger partial charge in [-0.25, -0.2) is 9.97 Å². The monoisotopic (exact) mass is 331 g/mol. The molecule has 1 aromatic carbocycles. The van der Waals surface area contributed by atoms with Crippen LogP contribution in [-0.4, -0.2) is 53.1 Å². The van der Waals surface area contributed by atoms with Crippen LogP contribution in [0.25, 0.3) is 22.6 Å². The van der Waals surface area contributed by atoms with E-state index in [4.69, 9.17) is 9.97 Å². The van der Waals surface area contributed by atoms with Gasteiger partial charge >= 0.3 is 0 Å². The number of nitrogens with zero attached hydrogens (tertiary/aromatic N) is 5. The molecule has 1 saturated heterocycles. The number of aromatic nitrogens is 3. The van der Waals surface area contributed by atoms with Crippen LogP contribution in [0.2, 0.25) is 0 Å². The highest BCUT2D eigenvalue weighted by atomic mass is 15.3. The molecule has 0 bridgehead atoms. The summed E-state index contributed by atoms with van der Waals surface area (Å²) in [6, 6.07) is 16.2. The first-order valence-electron chi connectivity index (χ1n) is 8.58. The summed E-state index contributed by atoms with van der Waals surface area (Å²) in [6.07, 6.45) is 3.63. The Labute approximate surface area is 148 Å². The normalized spacial score (nSPS) is 15.3. The third kappa shape index (κ3) is 3.51. The Morgan fingerprint density at radius 2 is 1.60 bits per heavy atom. The van der Waals surface area contributed by atoms with Gasteiger partial charge in [-0.15, -0.1) is 0 Å². The van der Waals surface area contributed by atoms with Gasteiger partial charge in [0.15, 0.2) is 5.82 Å². The summed E-state index contributed by atoms with van der Waals surface area (Å²) in [5.74, 6) is 1.75. The third-order valence-corrected chi connectivity index (χ3v) is 4.53. The Morgan fingerprint density at radius 3 is 2.32 bits per heavy atom. The number of rotatable bonds is 3. The molecule has 0 aliphatic carbocycles. The zero-order valence-electron chi connectivity index (χ0n) is 14.3. The van der Waals surface area contributed by atoms with Gasteiger partial charge in [-0.05, 0) is 19.2 Å². The van der Waals surface area contributed by atoms with Crippen LogP contribution < -0.4 is 4.90 Å². The number of likely N-dealkylation sites (N-methyl/N-ethyl adjacent to an activating group) is 1. The highest BCUT2D eigenvalue weighted by molar-refractivity contribution is 5.67. The van der Waals surface area contributed by atoms with Crippen molar-refractivity contribution >= 4 is 5.82 Å². The van der Waals surface area contributed by atoms with Crippen LogP contribution in [-0.2, 0) is 0 Å². The van der Waals surface area contributed by atoms with Crippen LogP contribution >= 0.6 is 0 Å². The van der Waals surface area contributed by atoms with Gasteiger partial charge in [0, 0.05) is 55.8 Å². The first kappa shape index (κ1) is 15.7. The van der Waals surface area contributed by atoms with E-state index in [0.717, 1.165) is 54.6 Å². The van der Waals surface area contributed by atoms with Gasteiger partial charge in [0.1, 0.15) is 5.82 Å². The SMILES string of the molecule is CN1CCN(c2cc(-c3cccnc3)nc(-c3ccccc3)n2)CC1. The van der Waals surface area contributed by atoms with Crippen molar-refractivity contribution in [2.24, 2.45) is 0 Å². The minimum absolute atomic E-state index is 0.760. The van der Waals surface area contributed by atoms with Crippen LogP contribution in [0.4, 0.5) is 5.82 Å². The summed E-state index contributed by atoms with van der Waals surface area (Å²) >= 11 is 0. The predicted octanol–water partition coefficient (Wildman–Crippen LogP) is 2.96. The lowest BCUT2D eigenvalue weighted by Crippen LogP contribution is -2.44. The van der Waals surface area contributed by atoms with Crippen LogP contribution in [0.1, 0.15) is 0 Å². The van der Waals surface area contributed by atoms with Crippen molar-refractivity contribution in [1.82, 2.24) is 19.9 Å². The van der Waals surface area contributed by atoms with Crippen LogP contribution in [0.15, 0.2) is 60.9 Å². The number of benzene rings is 1. The van der Waals surface area contributed by atoms with Crippen molar-refractivity contribution in [3.8, 4) is 22.6 Å². The third-order valence-electron chi connectivity index (χ3n) is 4.53. The summed E-state index contributed by atoms with van der Waals surface area (Å²) in [7, 11) is 2.16. The van der Waals surface area contributed by atoms with Gasteiger partial charge in [0.2, 0.25) is 0 Å². The predicted molar refractivity (Wildman–Crippen MR) is 100 cm³/mol. The molecule has 5 nitrogen and oxygen atoms in total. The Bertz CT molecular complexity index is 769. The Kier molecular flexibility index (Phi) is 4.39. The molecule has 5 heteroatoms.